The number of nitrogens with zero attached hydrogens (tertiary/aromatic N) is 1. The van der Waals surface area contributed by atoms with Crippen molar-refractivity contribution in [1.82, 2.24) is 4.90 Å². The van der Waals surface area contributed by atoms with Gasteiger partial charge in [-0.05, 0) is 37.9 Å². The third kappa shape index (κ3) is 2.68. The van der Waals surface area contributed by atoms with E-state index in [2.05, 4.69) is 4.90 Å². The molecule has 3 rings (SSSR count). The Labute approximate surface area is 112 Å². The van der Waals surface area contributed by atoms with Gasteiger partial charge in [-0.2, -0.15) is 11.8 Å². The number of ether oxygens (including phenoxy) is 1. The summed E-state index contributed by atoms with van der Waals surface area (Å²) in [5.41, 5.74) is 0.0548. The first-order valence-electron chi connectivity index (χ1n) is 6.88. The van der Waals surface area contributed by atoms with Crippen molar-refractivity contribution < 1.29 is 14.6 Å². The zero-order valence-corrected chi connectivity index (χ0v) is 11.5. The fraction of sp³-hybridized carbons (Fsp3) is 0.923. The number of hydrogen-bond acceptors (Lipinski definition) is 4. The van der Waals surface area contributed by atoms with Gasteiger partial charge in [0.25, 0.3) is 0 Å². The van der Waals surface area contributed by atoms with E-state index in [1.807, 2.05) is 11.8 Å². The molecule has 0 bridgehead atoms. The lowest BCUT2D eigenvalue weighted by molar-refractivity contribution is -0.141. The van der Waals surface area contributed by atoms with Gasteiger partial charge in [0.15, 0.2) is 0 Å². The van der Waals surface area contributed by atoms with Crippen LogP contribution >= 0.6 is 11.8 Å². The summed E-state index contributed by atoms with van der Waals surface area (Å²) < 4.78 is 6.02. The molecule has 2 heterocycles. The van der Waals surface area contributed by atoms with E-state index >= 15 is 0 Å². The predicted molar refractivity (Wildman–Crippen MR) is 71.0 cm³/mol. The lowest BCUT2D eigenvalue weighted by Crippen LogP contribution is -2.50. The Hall–Kier alpha value is -0.260. The molecule has 18 heavy (non-hydrogen) atoms. The van der Waals surface area contributed by atoms with E-state index in [-0.39, 0.29) is 12.1 Å². The maximum absolute atomic E-state index is 11.0. The molecule has 0 radical (unpaired) electrons. The minimum absolute atomic E-state index is 0.0548. The maximum Gasteiger partial charge on any atom is 0.317 e. The first-order chi connectivity index (χ1) is 8.69. The number of carbonyl (C=O) groups is 1. The molecule has 1 aliphatic carbocycles. The molecule has 5 heteroatoms. The van der Waals surface area contributed by atoms with Gasteiger partial charge in [-0.1, -0.05) is 0 Å². The molecule has 102 valence electrons. The molecule has 0 amide bonds. The van der Waals surface area contributed by atoms with Crippen molar-refractivity contribution in [3.63, 3.8) is 0 Å². The highest BCUT2D eigenvalue weighted by Gasteiger charge is 2.44. The van der Waals surface area contributed by atoms with E-state index in [4.69, 9.17) is 9.84 Å². The predicted octanol–water partition coefficient (Wildman–Crippen LogP) is 1.59. The van der Waals surface area contributed by atoms with E-state index in [1.165, 1.54) is 18.6 Å². The second kappa shape index (κ2) is 5.02. The van der Waals surface area contributed by atoms with Crippen LogP contribution in [0.25, 0.3) is 0 Å². The molecular formula is C13H21NO3S. The SMILES string of the molecule is O=C(O)CN(C1CC1)C1CCOC2(CCSC2)C1. The molecule has 4 nitrogen and oxygen atoms in total. The van der Waals surface area contributed by atoms with Crippen LogP contribution in [-0.2, 0) is 9.53 Å². The van der Waals surface area contributed by atoms with Crippen LogP contribution in [0.15, 0.2) is 0 Å². The molecular weight excluding hydrogens is 250 g/mol. The van der Waals surface area contributed by atoms with E-state index in [0.29, 0.717) is 12.1 Å². The topological polar surface area (TPSA) is 49.8 Å². The monoisotopic (exact) mass is 271 g/mol. The normalized spacial score (nSPS) is 36.4. The highest BCUT2D eigenvalue weighted by molar-refractivity contribution is 7.99. The van der Waals surface area contributed by atoms with Gasteiger partial charge in [-0.25, -0.2) is 0 Å². The molecule has 0 aromatic carbocycles. The molecule has 2 aliphatic heterocycles. The van der Waals surface area contributed by atoms with E-state index in [1.54, 1.807) is 0 Å². The Bertz CT molecular complexity index is 326. The average Bonchev–Trinajstić information content (AvgIpc) is 3.09. The lowest BCUT2D eigenvalue weighted by Gasteiger charge is -2.42. The second-order valence-electron chi connectivity index (χ2n) is 5.78. The minimum atomic E-state index is -0.691. The molecule has 2 saturated heterocycles. The van der Waals surface area contributed by atoms with Gasteiger partial charge in [0.1, 0.15) is 0 Å². The summed E-state index contributed by atoms with van der Waals surface area (Å²) in [6.45, 7) is 1.01. The van der Waals surface area contributed by atoms with Crippen LogP contribution in [0.3, 0.4) is 0 Å². The Morgan fingerprint density at radius 2 is 2.22 bits per heavy atom. The van der Waals surface area contributed by atoms with Gasteiger partial charge in [-0.15, -0.1) is 0 Å². The first-order valence-corrected chi connectivity index (χ1v) is 8.03. The van der Waals surface area contributed by atoms with Crippen LogP contribution in [-0.4, -0.2) is 58.3 Å². The molecule has 2 unspecified atom stereocenters. The zero-order valence-electron chi connectivity index (χ0n) is 10.6. The minimum Gasteiger partial charge on any atom is -0.480 e. The smallest absolute Gasteiger partial charge is 0.317 e. The highest BCUT2D eigenvalue weighted by Crippen LogP contribution is 2.41. The summed E-state index contributed by atoms with van der Waals surface area (Å²) in [6.07, 6.45) is 5.51. The summed E-state index contributed by atoms with van der Waals surface area (Å²) in [4.78, 5) is 13.3. The second-order valence-corrected chi connectivity index (χ2v) is 6.88. The summed E-state index contributed by atoms with van der Waals surface area (Å²) in [5, 5.41) is 9.07. The van der Waals surface area contributed by atoms with Crippen LogP contribution in [0.4, 0.5) is 0 Å². The Balaban J connectivity index is 1.67. The van der Waals surface area contributed by atoms with Crippen LogP contribution in [0, 0.1) is 0 Å². The van der Waals surface area contributed by atoms with Crippen LogP contribution in [0.5, 0.6) is 0 Å². The van der Waals surface area contributed by atoms with Crippen molar-refractivity contribution in [2.24, 2.45) is 0 Å². The Kier molecular flexibility index (Phi) is 3.56. The molecule has 0 aromatic heterocycles. The number of rotatable bonds is 4. The van der Waals surface area contributed by atoms with Gasteiger partial charge >= 0.3 is 5.97 Å². The molecule has 0 aromatic rings. The van der Waals surface area contributed by atoms with Crippen LogP contribution in [0.2, 0.25) is 0 Å². The van der Waals surface area contributed by atoms with Crippen molar-refractivity contribution in [2.45, 2.75) is 49.8 Å². The molecule has 1 spiro atoms. The highest BCUT2D eigenvalue weighted by atomic mass is 32.2. The van der Waals surface area contributed by atoms with Gasteiger partial charge in [0, 0.05) is 24.4 Å². The molecule has 3 fully saturated rings. The number of carboxylic acid groups (broad SMARTS) is 1. The van der Waals surface area contributed by atoms with Gasteiger partial charge < -0.3 is 9.84 Å². The van der Waals surface area contributed by atoms with Crippen LogP contribution in [0.1, 0.15) is 32.1 Å². The quantitative estimate of drug-likeness (QED) is 0.841. The summed E-state index contributed by atoms with van der Waals surface area (Å²) in [6, 6.07) is 0.941. The fourth-order valence-corrected chi connectivity index (χ4v) is 4.65. The zero-order chi connectivity index (χ0) is 12.6. The lowest BCUT2D eigenvalue weighted by atomic mass is 9.89. The molecule has 2 atom stereocenters. The Morgan fingerprint density at radius 3 is 2.83 bits per heavy atom. The number of aliphatic carboxylic acids is 1. The van der Waals surface area contributed by atoms with Crippen molar-refractivity contribution in [1.29, 1.82) is 0 Å². The van der Waals surface area contributed by atoms with Crippen molar-refractivity contribution in [3.05, 3.63) is 0 Å². The number of thioether (sulfide) groups is 1. The van der Waals surface area contributed by atoms with Gasteiger partial charge in [0.2, 0.25) is 0 Å². The van der Waals surface area contributed by atoms with E-state index in [0.717, 1.165) is 31.6 Å². The van der Waals surface area contributed by atoms with E-state index in [9.17, 15) is 4.79 Å². The van der Waals surface area contributed by atoms with Gasteiger partial charge in [0.05, 0.1) is 12.1 Å². The van der Waals surface area contributed by atoms with Crippen molar-refractivity contribution >= 4 is 17.7 Å². The summed E-state index contributed by atoms with van der Waals surface area (Å²) >= 11 is 1.97. The third-order valence-corrected chi connectivity index (χ3v) is 5.56. The standard InChI is InChI=1S/C13H21NO3S/c15-12(16)8-14(10-1-2-10)11-3-5-17-13(7-11)4-6-18-9-13/h10-11H,1-9H2,(H,15,16). The van der Waals surface area contributed by atoms with E-state index < -0.39 is 5.97 Å². The van der Waals surface area contributed by atoms with Crippen molar-refractivity contribution in [2.75, 3.05) is 24.7 Å². The Morgan fingerprint density at radius 1 is 1.39 bits per heavy atom. The number of carboxylic acids is 1. The molecule has 1 saturated carbocycles. The average molecular weight is 271 g/mol. The third-order valence-electron chi connectivity index (χ3n) is 4.34. The summed E-state index contributed by atoms with van der Waals surface area (Å²) in [5.74, 6) is 1.59. The number of hydrogen-bond donors (Lipinski definition) is 1. The largest absolute Gasteiger partial charge is 0.480 e. The molecule has 1 N–H and O–H groups in total. The first kappa shape index (κ1) is 12.8. The molecule has 3 aliphatic rings. The van der Waals surface area contributed by atoms with Gasteiger partial charge in [-0.3, -0.25) is 9.69 Å². The van der Waals surface area contributed by atoms with Crippen molar-refractivity contribution in [3.8, 4) is 0 Å². The maximum atomic E-state index is 11.0. The van der Waals surface area contributed by atoms with Crippen LogP contribution < -0.4 is 0 Å². The fourth-order valence-electron chi connectivity index (χ4n) is 3.27. The summed E-state index contributed by atoms with van der Waals surface area (Å²) in [7, 11) is 0.